The van der Waals surface area contributed by atoms with E-state index in [0.717, 1.165) is 0 Å². The molecular formula is C13H11NO3S. The molecule has 5 heteroatoms. The zero-order valence-corrected chi connectivity index (χ0v) is 10.6. The van der Waals surface area contributed by atoms with E-state index >= 15 is 0 Å². The van der Waals surface area contributed by atoms with Gasteiger partial charge in [-0.25, -0.2) is 0 Å². The second-order valence-electron chi connectivity index (χ2n) is 3.99. The van der Waals surface area contributed by atoms with Gasteiger partial charge >= 0.3 is 0 Å². The number of carbonyl (C=O) groups excluding carboxylic acids is 2. The van der Waals surface area contributed by atoms with Gasteiger partial charge in [0.15, 0.2) is 0 Å². The van der Waals surface area contributed by atoms with Gasteiger partial charge in [-0.1, -0.05) is 23.9 Å². The monoisotopic (exact) mass is 261 g/mol. The highest BCUT2D eigenvalue weighted by Gasteiger charge is 2.36. The zero-order valence-electron chi connectivity index (χ0n) is 9.80. The Balaban J connectivity index is 2.06. The molecule has 92 valence electrons. The first-order valence-corrected chi connectivity index (χ1v) is 6.70. The Hall–Kier alpha value is -1.75. The molecule has 2 heterocycles. The molecule has 0 N–H and O–H groups in total. The quantitative estimate of drug-likeness (QED) is 0.726. The summed E-state index contributed by atoms with van der Waals surface area (Å²) in [6.07, 6.45) is 0. The van der Waals surface area contributed by atoms with Crippen molar-refractivity contribution in [1.29, 1.82) is 0 Å². The lowest BCUT2D eigenvalue weighted by Crippen LogP contribution is -2.25. The molecule has 0 spiro atoms. The maximum atomic E-state index is 12.2. The summed E-state index contributed by atoms with van der Waals surface area (Å²) in [4.78, 5) is 25.5. The second kappa shape index (κ2) is 4.17. The van der Waals surface area contributed by atoms with Gasteiger partial charge in [-0.05, 0) is 19.1 Å². The van der Waals surface area contributed by atoms with Crippen LogP contribution in [0.4, 0.5) is 0 Å². The van der Waals surface area contributed by atoms with Crippen LogP contribution in [0.2, 0.25) is 0 Å². The topological polar surface area (TPSA) is 46.6 Å². The summed E-state index contributed by atoms with van der Waals surface area (Å²) in [5.41, 5.74) is 0.566. The molecule has 1 amide bonds. The Morgan fingerprint density at radius 1 is 1.33 bits per heavy atom. The molecule has 1 aromatic carbocycles. The number of hydrogen-bond donors (Lipinski definition) is 0. The first-order chi connectivity index (χ1) is 8.72. The van der Waals surface area contributed by atoms with Gasteiger partial charge in [0.2, 0.25) is 17.4 Å². The average molecular weight is 261 g/mol. The number of ether oxygens (including phenoxy) is 1. The lowest BCUT2D eigenvalue weighted by molar-refractivity contribution is -0.125. The van der Waals surface area contributed by atoms with Crippen molar-refractivity contribution in [2.45, 2.75) is 6.92 Å². The van der Waals surface area contributed by atoms with E-state index in [9.17, 15) is 9.59 Å². The highest BCUT2D eigenvalue weighted by atomic mass is 32.2. The predicted octanol–water partition coefficient (Wildman–Crippen LogP) is 2.03. The molecule has 2 aliphatic heterocycles. The highest BCUT2D eigenvalue weighted by molar-refractivity contribution is 8.04. The molecule has 3 rings (SSSR count). The van der Waals surface area contributed by atoms with E-state index in [4.69, 9.17) is 4.74 Å². The number of allylic oxidation sites excluding steroid dienone is 1. The van der Waals surface area contributed by atoms with E-state index in [1.807, 2.05) is 13.0 Å². The number of carbonyl (C=O) groups is 2. The Kier molecular flexibility index (Phi) is 2.63. The van der Waals surface area contributed by atoms with Crippen LogP contribution in [0, 0.1) is 0 Å². The first kappa shape index (κ1) is 11.3. The van der Waals surface area contributed by atoms with Crippen LogP contribution < -0.4 is 4.74 Å². The number of para-hydroxylation sites is 1. The van der Waals surface area contributed by atoms with Crippen LogP contribution in [0.25, 0.3) is 0 Å². The van der Waals surface area contributed by atoms with Crippen LogP contribution in [0.15, 0.2) is 35.1 Å². The molecule has 18 heavy (non-hydrogen) atoms. The number of thioether (sulfide) groups is 1. The number of Topliss-reactive ketones (excluding diaryl/α,β-unsaturated/α-hetero) is 1. The van der Waals surface area contributed by atoms with Gasteiger partial charge in [-0.2, -0.15) is 0 Å². The maximum absolute atomic E-state index is 12.2. The Labute approximate surface area is 109 Å². The number of ketones is 1. The summed E-state index contributed by atoms with van der Waals surface area (Å²) < 4.78 is 5.60. The summed E-state index contributed by atoms with van der Waals surface area (Å²) in [7, 11) is 0. The largest absolute Gasteiger partial charge is 0.450 e. The predicted molar refractivity (Wildman–Crippen MR) is 68.3 cm³/mol. The van der Waals surface area contributed by atoms with Crippen LogP contribution in [0.3, 0.4) is 0 Å². The molecule has 0 unspecified atom stereocenters. The molecule has 1 saturated heterocycles. The summed E-state index contributed by atoms with van der Waals surface area (Å²) in [6.45, 7) is 2.44. The van der Waals surface area contributed by atoms with Gasteiger partial charge in [-0.15, -0.1) is 0 Å². The van der Waals surface area contributed by atoms with E-state index < -0.39 is 0 Å². The van der Waals surface area contributed by atoms with Crippen LogP contribution in [-0.2, 0) is 4.79 Å². The van der Waals surface area contributed by atoms with Gasteiger partial charge in [0, 0.05) is 6.54 Å². The van der Waals surface area contributed by atoms with Crippen molar-refractivity contribution in [2.24, 2.45) is 0 Å². The number of hydrogen-bond acceptors (Lipinski definition) is 4. The molecule has 2 aliphatic rings. The lowest BCUT2D eigenvalue weighted by atomic mass is 10.1. The number of nitrogens with zero attached hydrogens (tertiary/aromatic N) is 1. The van der Waals surface area contributed by atoms with Crippen molar-refractivity contribution in [2.75, 3.05) is 12.3 Å². The third-order valence-corrected chi connectivity index (χ3v) is 4.01. The highest BCUT2D eigenvalue weighted by Crippen LogP contribution is 2.38. The third-order valence-electron chi connectivity index (χ3n) is 2.94. The SMILES string of the molecule is CCN1C(=O)CSC1=C1Oc2ccccc2C1=O. The summed E-state index contributed by atoms with van der Waals surface area (Å²) in [6, 6.07) is 7.13. The van der Waals surface area contributed by atoms with Gasteiger partial charge < -0.3 is 9.64 Å². The van der Waals surface area contributed by atoms with Crippen molar-refractivity contribution in [3.05, 3.63) is 40.6 Å². The van der Waals surface area contributed by atoms with Crippen molar-refractivity contribution >= 4 is 23.5 Å². The molecule has 0 saturated carbocycles. The van der Waals surface area contributed by atoms with Gasteiger partial charge in [0.1, 0.15) is 10.8 Å². The normalized spacial score (nSPS) is 22.4. The zero-order chi connectivity index (χ0) is 12.7. The Morgan fingerprint density at radius 2 is 2.11 bits per heavy atom. The van der Waals surface area contributed by atoms with E-state index in [2.05, 4.69) is 0 Å². The smallest absolute Gasteiger partial charge is 0.237 e. The van der Waals surface area contributed by atoms with E-state index in [0.29, 0.717) is 28.6 Å². The number of benzene rings is 1. The molecule has 1 aromatic rings. The van der Waals surface area contributed by atoms with Crippen LogP contribution in [-0.4, -0.2) is 28.9 Å². The van der Waals surface area contributed by atoms with Crippen molar-refractivity contribution < 1.29 is 14.3 Å². The molecule has 0 radical (unpaired) electrons. The van der Waals surface area contributed by atoms with Crippen LogP contribution >= 0.6 is 11.8 Å². The fourth-order valence-electron chi connectivity index (χ4n) is 2.07. The van der Waals surface area contributed by atoms with E-state index in [1.165, 1.54) is 11.8 Å². The molecule has 4 nitrogen and oxygen atoms in total. The fraction of sp³-hybridized carbons (Fsp3) is 0.231. The molecule has 1 fully saturated rings. The third kappa shape index (κ3) is 1.54. The molecule has 0 aromatic heterocycles. The van der Waals surface area contributed by atoms with Gasteiger partial charge in [0.25, 0.3) is 0 Å². The van der Waals surface area contributed by atoms with E-state index in [-0.39, 0.29) is 17.4 Å². The van der Waals surface area contributed by atoms with Crippen LogP contribution in [0.1, 0.15) is 17.3 Å². The maximum Gasteiger partial charge on any atom is 0.237 e. The Bertz CT molecular complexity index is 579. The second-order valence-corrected chi connectivity index (χ2v) is 4.95. The van der Waals surface area contributed by atoms with Crippen molar-refractivity contribution in [3.63, 3.8) is 0 Å². The Morgan fingerprint density at radius 3 is 2.83 bits per heavy atom. The lowest BCUT2D eigenvalue weighted by Gasteiger charge is -2.15. The molecule has 0 aliphatic carbocycles. The first-order valence-electron chi connectivity index (χ1n) is 5.71. The van der Waals surface area contributed by atoms with Crippen molar-refractivity contribution in [1.82, 2.24) is 4.90 Å². The minimum atomic E-state index is -0.138. The summed E-state index contributed by atoms with van der Waals surface area (Å²) in [5.74, 6) is 1.12. The molecule has 0 bridgehead atoms. The minimum Gasteiger partial charge on any atom is -0.450 e. The summed E-state index contributed by atoms with van der Waals surface area (Å²) in [5, 5.41) is 0.642. The van der Waals surface area contributed by atoms with Gasteiger partial charge in [-0.3, -0.25) is 9.59 Å². The van der Waals surface area contributed by atoms with E-state index in [1.54, 1.807) is 23.1 Å². The fourth-order valence-corrected chi connectivity index (χ4v) is 3.14. The standard InChI is InChI=1S/C13H11NO3S/c1-2-14-10(15)7-18-13(14)12-11(16)8-5-3-4-6-9(8)17-12/h3-6H,2,7H2,1H3. The number of fused-ring (bicyclic) bond motifs is 1. The summed E-state index contributed by atoms with van der Waals surface area (Å²) >= 11 is 1.36. The number of rotatable bonds is 1. The minimum absolute atomic E-state index is 0.0253. The average Bonchev–Trinajstić information content (AvgIpc) is 2.91. The molecule has 0 atom stereocenters. The van der Waals surface area contributed by atoms with Crippen molar-refractivity contribution in [3.8, 4) is 5.75 Å². The van der Waals surface area contributed by atoms with Crippen LogP contribution in [0.5, 0.6) is 5.75 Å². The number of amides is 1. The van der Waals surface area contributed by atoms with Gasteiger partial charge in [0.05, 0.1) is 11.3 Å². The molecular weight excluding hydrogens is 250 g/mol.